The highest BCUT2D eigenvalue weighted by molar-refractivity contribution is 6.32. The Morgan fingerprint density at radius 3 is 2.20 bits per heavy atom. The molecular formula is C25H22ClF2NO6. The van der Waals surface area contributed by atoms with Gasteiger partial charge in [-0.2, -0.15) is 8.78 Å². The van der Waals surface area contributed by atoms with Crippen molar-refractivity contribution in [1.82, 2.24) is 4.57 Å². The van der Waals surface area contributed by atoms with Crippen molar-refractivity contribution in [2.24, 2.45) is 0 Å². The van der Waals surface area contributed by atoms with Crippen molar-refractivity contribution in [3.8, 4) is 28.9 Å². The molecule has 0 amide bonds. The van der Waals surface area contributed by atoms with Crippen LogP contribution in [0.15, 0.2) is 42.5 Å². The van der Waals surface area contributed by atoms with Gasteiger partial charge in [-0.15, -0.1) is 0 Å². The fraction of sp³-hybridized carbons (Fsp3) is 0.240. The van der Waals surface area contributed by atoms with Gasteiger partial charge in [0.1, 0.15) is 11.5 Å². The maximum absolute atomic E-state index is 13.4. The molecule has 184 valence electrons. The molecule has 4 rings (SSSR count). The van der Waals surface area contributed by atoms with Crippen molar-refractivity contribution < 1.29 is 38.0 Å². The molecule has 0 spiro atoms. The molecule has 4 aromatic rings. The molecule has 0 aliphatic carbocycles. The van der Waals surface area contributed by atoms with E-state index in [-0.39, 0.29) is 58.0 Å². The predicted molar refractivity (Wildman–Crippen MR) is 127 cm³/mol. The van der Waals surface area contributed by atoms with Gasteiger partial charge in [0.05, 0.1) is 41.1 Å². The standard InChI is InChI=1S/C25H22ClF2NO6/c1-3-33-18(30)12-13-9-10-17(16(26)11-13)29-23(31)19-20(24(29)32)22(35-25(27)28)15-8-6-5-7-14(15)21(19)34-4-2/h5-11,25,31-32H,3-4,12H2,1-2H3. The number of carbonyl (C=O) groups is 1. The van der Waals surface area contributed by atoms with Crippen LogP contribution in [-0.4, -0.2) is 40.6 Å². The minimum Gasteiger partial charge on any atom is -0.494 e. The zero-order chi connectivity index (χ0) is 25.3. The first kappa shape index (κ1) is 24.4. The van der Waals surface area contributed by atoms with E-state index in [1.807, 2.05) is 0 Å². The van der Waals surface area contributed by atoms with Crippen LogP contribution in [0.5, 0.6) is 23.3 Å². The Bertz CT molecular complexity index is 1420. The van der Waals surface area contributed by atoms with Crippen LogP contribution < -0.4 is 9.47 Å². The lowest BCUT2D eigenvalue weighted by Gasteiger charge is -2.14. The highest BCUT2D eigenvalue weighted by atomic mass is 35.5. The van der Waals surface area contributed by atoms with Crippen molar-refractivity contribution in [3.05, 3.63) is 53.1 Å². The summed E-state index contributed by atoms with van der Waals surface area (Å²) in [5.41, 5.74) is 0.704. The van der Waals surface area contributed by atoms with Crippen LogP contribution in [0.3, 0.4) is 0 Å². The molecule has 10 heteroatoms. The van der Waals surface area contributed by atoms with Crippen LogP contribution in [0.25, 0.3) is 27.2 Å². The van der Waals surface area contributed by atoms with Crippen LogP contribution in [-0.2, 0) is 16.0 Å². The van der Waals surface area contributed by atoms with Crippen LogP contribution in [0.4, 0.5) is 8.78 Å². The third kappa shape index (κ3) is 4.39. The topological polar surface area (TPSA) is 90.2 Å². The van der Waals surface area contributed by atoms with Crippen molar-refractivity contribution in [3.63, 3.8) is 0 Å². The number of hydrogen-bond donors (Lipinski definition) is 2. The number of fused-ring (bicyclic) bond motifs is 2. The lowest BCUT2D eigenvalue weighted by molar-refractivity contribution is -0.142. The SMILES string of the molecule is CCOC(=O)Cc1ccc(-n2c(O)c3c(OCC)c4ccccc4c(OC(F)F)c3c2O)c(Cl)c1. The molecule has 0 aliphatic heterocycles. The molecule has 0 radical (unpaired) electrons. The molecule has 0 bridgehead atoms. The third-order valence-corrected chi connectivity index (χ3v) is 5.70. The number of halogens is 3. The third-order valence-electron chi connectivity index (χ3n) is 5.39. The molecule has 0 saturated heterocycles. The molecule has 7 nitrogen and oxygen atoms in total. The van der Waals surface area contributed by atoms with Crippen LogP contribution in [0.1, 0.15) is 19.4 Å². The number of benzene rings is 3. The van der Waals surface area contributed by atoms with E-state index in [1.165, 1.54) is 12.1 Å². The Labute approximate surface area is 204 Å². The molecule has 0 aliphatic rings. The summed E-state index contributed by atoms with van der Waals surface area (Å²) >= 11 is 6.45. The first-order valence-corrected chi connectivity index (χ1v) is 11.2. The fourth-order valence-corrected chi connectivity index (χ4v) is 4.37. The molecule has 2 N–H and O–H groups in total. The molecule has 0 saturated carbocycles. The summed E-state index contributed by atoms with van der Waals surface area (Å²) in [5.74, 6) is -1.60. The molecule has 0 atom stereocenters. The number of rotatable bonds is 8. The summed E-state index contributed by atoms with van der Waals surface area (Å²) in [4.78, 5) is 11.8. The average molecular weight is 506 g/mol. The number of alkyl halides is 2. The maximum atomic E-state index is 13.4. The summed E-state index contributed by atoms with van der Waals surface area (Å²) in [5, 5.41) is 23.0. The molecule has 0 unspecified atom stereocenters. The number of aromatic nitrogens is 1. The fourth-order valence-electron chi connectivity index (χ4n) is 4.08. The van der Waals surface area contributed by atoms with Crippen molar-refractivity contribution in [2.75, 3.05) is 13.2 Å². The zero-order valence-electron chi connectivity index (χ0n) is 18.8. The minimum absolute atomic E-state index is 0.00892. The van der Waals surface area contributed by atoms with Gasteiger partial charge in [-0.25, -0.2) is 4.57 Å². The number of hydrogen-bond acceptors (Lipinski definition) is 6. The van der Waals surface area contributed by atoms with Crippen LogP contribution >= 0.6 is 11.6 Å². The zero-order valence-corrected chi connectivity index (χ0v) is 19.6. The van der Waals surface area contributed by atoms with Crippen molar-refractivity contribution in [2.45, 2.75) is 26.9 Å². The molecule has 1 heterocycles. The normalized spacial score (nSPS) is 11.4. The highest BCUT2D eigenvalue weighted by Crippen LogP contribution is 2.53. The Morgan fingerprint density at radius 2 is 1.63 bits per heavy atom. The molecule has 1 aromatic heterocycles. The average Bonchev–Trinajstić information content (AvgIpc) is 3.06. The van der Waals surface area contributed by atoms with E-state index in [0.717, 1.165) is 4.57 Å². The second-order valence-corrected chi connectivity index (χ2v) is 7.92. The van der Waals surface area contributed by atoms with E-state index >= 15 is 0 Å². The molecule has 0 fully saturated rings. The number of esters is 1. The Hall–Kier alpha value is -3.72. The predicted octanol–water partition coefficient (Wildman–Crippen LogP) is 5.95. The lowest BCUT2D eigenvalue weighted by Crippen LogP contribution is -2.07. The Balaban J connectivity index is 2.00. The largest absolute Gasteiger partial charge is 0.494 e. The second kappa shape index (κ2) is 9.87. The van der Waals surface area contributed by atoms with Gasteiger partial charge >= 0.3 is 12.6 Å². The summed E-state index contributed by atoms with van der Waals surface area (Å²) in [6.45, 7) is 0.694. The van der Waals surface area contributed by atoms with E-state index in [2.05, 4.69) is 0 Å². The Kier molecular flexibility index (Phi) is 6.88. The first-order valence-electron chi connectivity index (χ1n) is 10.8. The molecule has 3 aromatic carbocycles. The summed E-state index contributed by atoms with van der Waals surface area (Å²) in [6, 6.07) is 11.1. The van der Waals surface area contributed by atoms with Gasteiger partial charge in [-0.05, 0) is 31.5 Å². The first-order chi connectivity index (χ1) is 16.8. The van der Waals surface area contributed by atoms with Gasteiger partial charge in [0.2, 0.25) is 11.8 Å². The molecular weight excluding hydrogens is 484 g/mol. The smallest absolute Gasteiger partial charge is 0.387 e. The summed E-state index contributed by atoms with van der Waals surface area (Å²) in [6.07, 6.45) is -0.0221. The van der Waals surface area contributed by atoms with Crippen LogP contribution in [0, 0.1) is 0 Å². The van der Waals surface area contributed by atoms with E-state index in [9.17, 15) is 23.8 Å². The second-order valence-electron chi connectivity index (χ2n) is 7.52. The number of nitrogens with zero attached hydrogens (tertiary/aromatic N) is 1. The van der Waals surface area contributed by atoms with Gasteiger partial charge in [0, 0.05) is 10.8 Å². The van der Waals surface area contributed by atoms with Gasteiger partial charge in [-0.1, -0.05) is 41.9 Å². The Morgan fingerprint density at radius 1 is 1.00 bits per heavy atom. The quantitative estimate of drug-likeness (QED) is 0.287. The van der Waals surface area contributed by atoms with Gasteiger partial charge in [0.25, 0.3) is 0 Å². The monoisotopic (exact) mass is 505 g/mol. The number of carbonyl (C=O) groups excluding carboxylic acids is 1. The van der Waals surface area contributed by atoms with Gasteiger partial charge in [-0.3, -0.25) is 4.79 Å². The molecule has 35 heavy (non-hydrogen) atoms. The number of aromatic hydroxyl groups is 2. The number of ether oxygens (including phenoxy) is 3. The summed E-state index contributed by atoms with van der Waals surface area (Å²) < 4.78 is 43.3. The van der Waals surface area contributed by atoms with E-state index in [1.54, 1.807) is 44.2 Å². The lowest BCUT2D eigenvalue weighted by atomic mass is 10.0. The van der Waals surface area contributed by atoms with Crippen molar-refractivity contribution >= 4 is 39.1 Å². The summed E-state index contributed by atoms with van der Waals surface area (Å²) in [7, 11) is 0. The van der Waals surface area contributed by atoms with E-state index < -0.39 is 24.3 Å². The van der Waals surface area contributed by atoms with Gasteiger partial charge in [0.15, 0.2) is 0 Å². The highest BCUT2D eigenvalue weighted by Gasteiger charge is 2.29. The van der Waals surface area contributed by atoms with Crippen LogP contribution in [0.2, 0.25) is 5.02 Å². The van der Waals surface area contributed by atoms with Crippen molar-refractivity contribution in [1.29, 1.82) is 0 Å². The van der Waals surface area contributed by atoms with Gasteiger partial charge < -0.3 is 24.4 Å². The maximum Gasteiger partial charge on any atom is 0.387 e. The van der Waals surface area contributed by atoms with E-state index in [4.69, 9.17) is 25.8 Å². The minimum atomic E-state index is -3.19. The van der Waals surface area contributed by atoms with E-state index in [0.29, 0.717) is 10.9 Å².